The van der Waals surface area contributed by atoms with E-state index in [1.807, 2.05) is 43.3 Å². The maximum atomic E-state index is 9.82. The lowest BCUT2D eigenvalue weighted by Crippen LogP contribution is -2.67. The third-order valence-electron chi connectivity index (χ3n) is 3.41. The first-order valence-corrected chi connectivity index (χ1v) is 8.45. The Bertz CT molecular complexity index is 461. The minimum Gasteiger partial charge on any atom is -0.487 e. The molecule has 0 aliphatic rings. The predicted molar refractivity (Wildman–Crippen MR) is 93.5 cm³/mol. The molecule has 5 heteroatoms. The zero-order valence-electron chi connectivity index (χ0n) is 14.7. The number of unbranched alkanes of at least 4 members (excludes halogenated alkanes) is 4. The summed E-state index contributed by atoms with van der Waals surface area (Å²) in [6, 6.07) is 7.56. The number of aliphatic hydroxyl groups excluding tert-OH is 1. The Morgan fingerprint density at radius 1 is 1.09 bits per heavy atom. The van der Waals surface area contributed by atoms with Crippen molar-refractivity contribution in [1.82, 2.24) is 4.90 Å². The molecule has 23 heavy (non-hydrogen) atoms. The summed E-state index contributed by atoms with van der Waals surface area (Å²) in [5, 5.41) is 9.82. The zero-order chi connectivity index (χ0) is 16.9. The van der Waals surface area contributed by atoms with Gasteiger partial charge in [-0.05, 0) is 26.6 Å². The van der Waals surface area contributed by atoms with E-state index in [1.165, 1.54) is 25.7 Å². The van der Waals surface area contributed by atoms with Crippen LogP contribution in [-0.2, 0) is 4.74 Å². The van der Waals surface area contributed by atoms with Crippen LogP contribution in [0, 0.1) is 0 Å². The quantitative estimate of drug-likeness (QED) is 0.372. The number of benzene rings is 1. The third kappa shape index (κ3) is 9.08. The van der Waals surface area contributed by atoms with Gasteiger partial charge in [-0.25, -0.2) is 0 Å². The molecule has 0 bridgehead atoms. The molecule has 1 aromatic rings. The highest BCUT2D eigenvalue weighted by Crippen LogP contribution is 2.18. The highest BCUT2D eigenvalue weighted by Gasteiger charge is 2.11. The van der Waals surface area contributed by atoms with Gasteiger partial charge < -0.3 is 19.5 Å². The van der Waals surface area contributed by atoms with Gasteiger partial charge in [0, 0.05) is 12.6 Å². The molecule has 2 N–H and O–H groups in total. The number of hydrogen-bond acceptors (Lipinski definition) is 3. The fourth-order valence-corrected chi connectivity index (χ4v) is 2.06. The fourth-order valence-electron chi connectivity index (χ4n) is 2.06. The van der Waals surface area contributed by atoms with Crippen LogP contribution in [0.2, 0.25) is 0 Å². The van der Waals surface area contributed by atoms with Crippen molar-refractivity contribution in [3.63, 3.8) is 0 Å². The van der Waals surface area contributed by atoms with E-state index in [1.54, 1.807) is 0 Å². The Kier molecular flexibility index (Phi) is 9.87. The minimum absolute atomic E-state index is 0.203. The standard InChI is InChI=1S/C18H30N2O3/c1-4-5-6-7-10-14-22-17-12-9-8-11-16(17)19-18(21)23-15-13-20(2)3/h8-9,11-12H,4-7,10,13-15H2,1-3H3,(H,19,21)/p+1. The number of aliphatic hydroxyl groups is 1. The molecule has 0 heterocycles. The van der Waals surface area contributed by atoms with Gasteiger partial charge >= 0.3 is 6.08 Å². The molecular formula is C18H31N2O3+. The third-order valence-corrected chi connectivity index (χ3v) is 3.41. The lowest BCUT2D eigenvalue weighted by Gasteiger charge is -2.08. The molecule has 0 saturated carbocycles. The topological polar surface area (TPSA) is 55.9 Å². The van der Waals surface area contributed by atoms with Crippen LogP contribution in [0.3, 0.4) is 0 Å². The number of likely N-dealkylation sites (N-methyl/N-ethyl adjacent to an activating group) is 1. The summed E-state index contributed by atoms with van der Waals surface area (Å²) in [6.45, 7) is 4.06. The van der Waals surface area contributed by atoms with Crippen molar-refractivity contribution < 1.29 is 19.6 Å². The Morgan fingerprint density at radius 2 is 1.83 bits per heavy atom. The van der Waals surface area contributed by atoms with Crippen molar-refractivity contribution in [3.8, 4) is 5.75 Å². The highest BCUT2D eigenvalue weighted by atomic mass is 16.6. The molecule has 0 fully saturated rings. The smallest absolute Gasteiger partial charge is 0.487 e. The predicted octanol–water partition coefficient (Wildman–Crippen LogP) is 2.24. The van der Waals surface area contributed by atoms with Crippen LogP contribution in [0.5, 0.6) is 5.75 Å². The molecule has 5 nitrogen and oxygen atoms in total. The lowest BCUT2D eigenvalue weighted by atomic mass is 10.2. The van der Waals surface area contributed by atoms with Gasteiger partial charge in [-0.2, -0.15) is 0 Å². The van der Waals surface area contributed by atoms with E-state index in [9.17, 15) is 5.11 Å². The molecule has 0 aromatic heterocycles. The second-order valence-electron chi connectivity index (χ2n) is 5.84. The minimum atomic E-state index is -0.203. The second-order valence-corrected chi connectivity index (χ2v) is 5.84. The average Bonchev–Trinajstić information content (AvgIpc) is 2.52. The lowest BCUT2D eigenvalue weighted by molar-refractivity contribution is -0.383. The van der Waals surface area contributed by atoms with Crippen LogP contribution < -0.4 is 9.73 Å². The van der Waals surface area contributed by atoms with Gasteiger partial charge in [0.05, 0.1) is 6.61 Å². The molecule has 0 amide bonds. The van der Waals surface area contributed by atoms with Gasteiger partial charge in [0.15, 0.2) is 5.75 Å². The molecule has 0 aliphatic heterocycles. The summed E-state index contributed by atoms with van der Waals surface area (Å²) in [7, 11) is 3.91. The molecule has 0 saturated heterocycles. The Labute approximate surface area is 139 Å². The van der Waals surface area contributed by atoms with Crippen molar-refractivity contribution in [3.05, 3.63) is 24.3 Å². The first-order valence-electron chi connectivity index (χ1n) is 8.45. The van der Waals surface area contributed by atoms with Crippen LogP contribution in [0.1, 0.15) is 39.0 Å². The monoisotopic (exact) mass is 323 g/mol. The fraction of sp³-hybridized carbons (Fsp3) is 0.611. The number of nitrogens with one attached hydrogen (secondary N) is 1. The number of para-hydroxylation sites is 2. The molecule has 1 aromatic carbocycles. The van der Waals surface area contributed by atoms with E-state index >= 15 is 0 Å². The zero-order valence-corrected chi connectivity index (χ0v) is 14.7. The molecule has 1 rings (SSSR count). The van der Waals surface area contributed by atoms with Crippen LogP contribution >= 0.6 is 0 Å². The van der Waals surface area contributed by atoms with Gasteiger partial charge in [-0.15, -0.1) is 4.99 Å². The van der Waals surface area contributed by atoms with Crippen molar-refractivity contribution >= 4 is 11.8 Å². The van der Waals surface area contributed by atoms with Gasteiger partial charge in [0.2, 0.25) is 0 Å². The summed E-state index contributed by atoms with van der Waals surface area (Å²) in [6.07, 6.45) is 5.82. The number of nitrogens with zero attached hydrogens (tertiary/aromatic N) is 1. The van der Waals surface area contributed by atoms with E-state index in [2.05, 4.69) is 11.9 Å². The number of hydrogen-bond donors (Lipinski definition) is 2. The summed E-state index contributed by atoms with van der Waals surface area (Å²) < 4.78 is 11.1. The Hall–Kier alpha value is -1.75. The summed E-state index contributed by atoms with van der Waals surface area (Å²) in [4.78, 5) is 4.84. The first-order chi connectivity index (χ1) is 11.1. The number of rotatable bonds is 11. The molecule has 0 spiro atoms. The van der Waals surface area contributed by atoms with Crippen molar-refractivity contribution in [2.75, 3.05) is 33.9 Å². The normalized spacial score (nSPS) is 11.7. The maximum absolute atomic E-state index is 9.82. The van der Waals surface area contributed by atoms with Crippen LogP contribution in [0.15, 0.2) is 24.3 Å². The Morgan fingerprint density at radius 3 is 2.57 bits per heavy atom. The molecule has 0 atom stereocenters. The van der Waals surface area contributed by atoms with E-state index in [0.717, 1.165) is 18.7 Å². The summed E-state index contributed by atoms with van der Waals surface area (Å²) >= 11 is 0. The molecule has 130 valence electrons. The van der Waals surface area contributed by atoms with Gasteiger partial charge in [-0.1, -0.05) is 44.7 Å². The van der Waals surface area contributed by atoms with Crippen LogP contribution in [0.4, 0.5) is 5.69 Å². The second kappa shape index (κ2) is 11.8. The van der Waals surface area contributed by atoms with E-state index in [0.29, 0.717) is 18.9 Å². The first kappa shape index (κ1) is 19.3. The van der Waals surface area contributed by atoms with E-state index in [4.69, 9.17) is 9.47 Å². The van der Waals surface area contributed by atoms with E-state index in [-0.39, 0.29) is 6.08 Å². The van der Waals surface area contributed by atoms with Gasteiger partial charge in [0.1, 0.15) is 6.61 Å². The van der Waals surface area contributed by atoms with Crippen LogP contribution in [0.25, 0.3) is 0 Å². The largest absolute Gasteiger partial charge is 0.551 e. The van der Waals surface area contributed by atoms with Crippen molar-refractivity contribution in [1.29, 1.82) is 0 Å². The average molecular weight is 323 g/mol. The molecule has 0 aliphatic carbocycles. The molecule has 0 unspecified atom stereocenters. The Balaban J connectivity index is 2.46. The SMILES string of the molecule is CCCCCCCOc1ccccc1[NH+]=C(O)OCCN(C)C. The number of ether oxygens (including phenoxy) is 2. The van der Waals surface area contributed by atoms with Gasteiger partial charge in [0.25, 0.3) is 5.69 Å². The molecule has 0 radical (unpaired) electrons. The summed E-state index contributed by atoms with van der Waals surface area (Å²) in [5.41, 5.74) is 0.711. The van der Waals surface area contributed by atoms with Crippen LogP contribution in [-0.4, -0.2) is 49.9 Å². The van der Waals surface area contributed by atoms with Gasteiger partial charge in [-0.3, -0.25) is 0 Å². The molecular weight excluding hydrogens is 292 g/mol. The van der Waals surface area contributed by atoms with Crippen molar-refractivity contribution in [2.24, 2.45) is 0 Å². The van der Waals surface area contributed by atoms with Crippen molar-refractivity contribution in [2.45, 2.75) is 39.0 Å². The summed E-state index contributed by atoms with van der Waals surface area (Å²) in [5.74, 6) is 0.728. The van der Waals surface area contributed by atoms with E-state index < -0.39 is 0 Å². The highest BCUT2D eigenvalue weighted by molar-refractivity contribution is 5.60. The maximum Gasteiger partial charge on any atom is 0.551 e.